The van der Waals surface area contributed by atoms with E-state index in [0.29, 0.717) is 28.5 Å². The Balaban J connectivity index is 1.81. The monoisotopic (exact) mass is 394 g/mol. The lowest BCUT2D eigenvalue weighted by Gasteiger charge is -2.19. The van der Waals surface area contributed by atoms with Crippen LogP contribution in [0.15, 0.2) is 35.1 Å². The lowest BCUT2D eigenvalue weighted by atomic mass is 9.87. The summed E-state index contributed by atoms with van der Waals surface area (Å²) in [6.45, 7) is 11.7. The van der Waals surface area contributed by atoms with Crippen molar-refractivity contribution in [2.24, 2.45) is 0 Å². The maximum Gasteiger partial charge on any atom is 0.324 e. The molecule has 0 aliphatic carbocycles. The highest BCUT2D eigenvalue weighted by atomic mass is 16.2. The van der Waals surface area contributed by atoms with Crippen molar-refractivity contribution in [1.82, 2.24) is 19.7 Å². The van der Waals surface area contributed by atoms with Gasteiger partial charge in [0.05, 0.1) is 5.69 Å². The van der Waals surface area contributed by atoms with Crippen LogP contribution in [0.4, 0.5) is 16.3 Å². The minimum atomic E-state index is -0.416. The summed E-state index contributed by atoms with van der Waals surface area (Å²) in [7, 11) is 0. The van der Waals surface area contributed by atoms with Crippen LogP contribution >= 0.6 is 0 Å². The van der Waals surface area contributed by atoms with E-state index < -0.39 is 6.03 Å². The Kier molecular flexibility index (Phi) is 5.28. The van der Waals surface area contributed by atoms with Crippen LogP contribution in [0.1, 0.15) is 43.3 Å². The summed E-state index contributed by atoms with van der Waals surface area (Å²) in [5.74, 6) is 0.647. The highest BCUT2D eigenvalue weighted by Gasteiger charge is 2.15. The molecule has 2 aromatic heterocycles. The zero-order valence-electron chi connectivity index (χ0n) is 17.5. The number of aromatic nitrogens is 4. The predicted molar refractivity (Wildman–Crippen MR) is 114 cm³/mol. The van der Waals surface area contributed by atoms with Crippen molar-refractivity contribution in [2.75, 3.05) is 10.6 Å². The van der Waals surface area contributed by atoms with E-state index in [1.54, 1.807) is 26.8 Å². The summed E-state index contributed by atoms with van der Waals surface area (Å²) in [5.41, 5.74) is 3.49. The molecule has 0 spiro atoms. The van der Waals surface area contributed by atoms with Crippen LogP contribution in [-0.4, -0.2) is 25.8 Å². The molecule has 0 fully saturated rings. The molecule has 0 aliphatic heterocycles. The van der Waals surface area contributed by atoms with Crippen LogP contribution in [0, 0.1) is 20.8 Å². The van der Waals surface area contributed by atoms with Crippen LogP contribution in [-0.2, 0) is 5.41 Å². The summed E-state index contributed by atoms with van der Waals surface area (Å²) in [6.07, 6.45) is 0. The Morgan fingerprint density at radius 3 is 2.31 bits per heavy atom. The number of carbonyl (C=O) groups is 1. The van der Waals surface area contributed by atoms with Crippen LogP contribution in [0.2, 0.25) is 0 Å². The molecule has 29 heavy (non-hydrogen) atoms. The highest BCUT2D eigenvalue weighted by Crippen LogP contribution is 2.23. The fourth-order valence-electron chi connectivity index (χ4n) is 2.81. The van der Waals surface area contributed by atoms with Crippen molar-refractivity contribution >= 4 is 17.5 Å². The van der Waals surface area contributed by atoms with Gasteiger partial charge in [-0.25, -0.2) is 9.78 Å². The maximum absolute atomic E-state index is 12.5. The third-order valence-electron chi connectivity index (χ3n) is 4.66. The van der Waals surface area contributed by atoms with Crippen LogP contribution in [0.5, 0.6) is 0 Å². The van der Waals surface area contributed by atoms with E-state index in [1.165, 1.54) is 10.2 Å². The van der Waals surface area contributed by atoms with E-state index in [4.69, 9.17) is 0 Å². The summed E-state index contributed by atoms with van der Waals surface area (Å²) in [5, 5.41) is 9.90. The van der Waals surface area contributed by atoms with E-state index in [1.807, 2.05) is 24.3 Å². The summed E-state index contributed by atoms with van der Waals surface area (Å²) in [6, 6.07) is 9.01. The summed E-state index contributed by atoms with van der Waals surface area (Å²) < 4.78 is 1.41. The number of carbonyl (C=O) groups excluding carboxylic acids is 1. The maximum atomic E-state index is 12.5. The van der Waals surface area contributed by atoms with Gasteiger partial charge in [-0.2, -0.15) is 9.78 Å². The molecule has 0 radical (unpaired) electrons. The molecule has 0 saturated heterocycles. The third kappa shape index (κ3) is 4.53. The highest BCUT2D eigenvalue weighted by molar-refractivity contribution is 5.99. The number of nitrogens with one attached hydrogen (secondary N) is 3. The van der Waals surface area contributed by atoms with Gasteiger partial charge >= 0.3 is 6.03 Å². The Bertz CT molecular complexity index is 1100. The number of rotatable bonds is 3. The fourth-order valence-corrected chi connectivity index (χ4v) is 2.81. The van der Waals surface area contributed by atoms with Gasteiger partial charge in [-0.05, 0) is 43.9 Å². The first-order valence-electron chi connectivity index (χ1n) is 9.37. The molecule has 0 unspecified atom stereocenters. The molecule has 0 atom stereocenters. The van der Waals surface area contributed by atoms with E-state index in [-0.39, 0.29) is 16.9 Å². The molecule has 3 rings (SSSR count). The largest absolute Gasteiger partial charge is 0.324 e. The van der Waals surface area contributed by atoms with E-state index in [2.05, 4.69) is 46.5 Å². The quantitative estimate of drug-likeness (QED) is 0.628. The summed E-state index contributed by atoms with van der Waals surface area (Å²) in [4.78, 5) is 31.6. The molecule has 0 saturated carbocycles. The lowest BCUT2D eigenvalue weighted by molar-refractivity contribution is 0.262. The SMILES string of the molecule is Cc1cc(NC(=O)Nc2ccc(C(C)(C)C)cc2)n(-c2nc(C)c(C)c(=O)[nH]2)n1. The Morgan fingerprint density at radius 2 is 1.72 bits per heavy atom. The molecule has 2 amide bonds. The molecular weight excluding hydrogens is 368 g/mol. The molecular formula is C21H26N6O2. The molecule has 2 heterocycles. The van der Waals surface area contributed by atoms with Gasteiger partial charge in [-0.3, -0.25) is 15.1 Å². The van der Waals surface area contributed by atoms with Gasteiger partial charge in [-0.1, -0.05) is 32.9 Å². The van der Waals surface area contributed by atoms with E-state index in [0.717, 1.165) is 0 Å². The number of hydrogen-bond acceptors (Lipinski definition) is 4. The van der Waals surface area contributed by atoms with Gasteiger partial charge in [-0.15, -0.1) is 0 Å². The van der Waals surface area contributed by atoms with Crippen molar-refractivity contribution in [1.29, 1.82) is 0 Å². The van der Waals surface area contributed by atoms with Crippen LogP contribution in [0.3, 0.4) is 0 Å². The smallest absolute Gasteiger partial charge is 0.308 e. The second kappa shape index (κ2) is 7.54. The molecule has 8 nitrogen and oxygen atoms in total. The second-order valence-corrected chi connectivity index (χ2v) is 8.09. The van der Waals surface area contributed by atoms with Crippen LogP contribution < -0.4 is 16.2 Å². The molecule has 0 bridgehead atoms. The molecule has 8 heteroatoms. The van der Waals surface area contributed by atoms with Crippen LogP contribution in [0.25, 0.3) is 5.95 Å². The Labute approximate surface area is 169 Å². The van der Waals surface area contributed by atoms with Crippen molar-refractivity contribution in [3.8, 4) is 5.95 Å². The van der Waals surface area contributed by atoms with Crippen molar-refractivity contribution in [3.05, 3.63) is 63.2 Å². The molecule has 0 aliphatic rings. The third-order valence-corrected chi connectivity index (χ3v) is 4.66. The normalized spacial score (nSPS) is 11.4. The predicted octanol–water partition coefficient (Wildman–Crippen LogP) is 3.82. The van der Waals surface area contributed by atoms with Gasteiger partial charge in [0.2, 0.25) is 5.95 Å². The average molecular weight is 394 g/mol. The fraction of sp³-hybridized carbons (Fsp3) is 0.333. The van der Waals surface area contributed by atoms with Gasteiger partial charge in [0.25, 0.3) is 5.56 Å². The standard InChI is InChI=1S/C21H26N6O2/c1-12-11-17(27(26-12)19-22-14(3)13(2)18(28)25-19)24-20(29)23-16-9-7-15(8-10-16)21(4,5)6/h7-11H,1-6H3,(H,22,25,28)(H2,23,24,29). The molecule has 3 N–H and O–H groups in total. The number of H-pyrrole nitrogens is 1. The number of aromatic amines is 1. The number of aryl methyl sites for hydroxylation is 2. The number of nitrogens with zero attached hydrogens (tertiary/aromatic N) is 3. The summed E-state index contributed by atoms with van der Waals surface area (Å²) >= 11 is 0. The number of anilines is 2. The van der Waals surface area contributed by atoms with Crippen molar-refractivity contribution in [2.45, 2.75) is 47.0 Å². The van der Waals surface area contributed by atoms with Crippen molar-refractivity contribution < 1.29 is 4.79 Å². The number of hydrogen-bond donors (Lipinski definition) is 3. The first-order valence-corrected chi connectivity index (χ1v) is 9.37. The minimum absolute atomic E-state index is 0.0426. The topological polar surface area (TPSA) is 105 Å². The van der Waals surface area contributed by atoms with Gasteiger partial charge in [0.1, 0.15) is 5.82 Å². The zero-order valence-corrected chi connectivity index (χ0v) is 17.5. The average Bonchev–Trinajstić information content (AvgIpc) is 2.99. The number of benzene rings is 1. The molecule has 152 valence electrons. The number of urea groups is 1. The second-order valence-electron chi connectivity index (χ2n) is 8.09. The van der Waals surface area contributed by atoms with Crippen molar-refractivity contribution in [3.63, 3.8) is 0 Å². The lowest BCUT2D eigenvalue weighted by Crippen LogP contribution is -2.23. The van der Waals surface area contributed by atoms with Gasteiger partial charge < -0.3 is 5.32 Å². The van der Waals surface area contributed by atoms with E-state index >= 15 is 0 Å². The molecule has 1 aromatic carbocycles. The van der Waals surface area contributed by atoms with Gasteiger partial charge in [0, 0.05) is 23.0 Å². The Morgan fingerprint density at radius 1 is 1.07 bits per heavy atom. The van der Waals surface area contributed by atoms with E-state index in [9.17, 15) is 9.59 Å². The number of amides is 2. The Hall–Kier alpha value is -3.42. The first kappa shape index (κ1) is 20.3. The minimum Gasteiger partial charge on any atom is -0.308 e. The first-order chi connectivity index (χ1) is 13.5. The van der Waals surface area contributed by atoms with Gasteiger partial charge in [0.15, 0.2) is 0 Å². The molecule has 3 aromatic rings. The zero-order chi connectivity index (χ0) is 21.3.